The first-order valence-electron chi connectivity index (χ1n) is 8.33. The Morgan fingerprint density at radius 2 is 1.93 bits per heavy atom. The van der Waals surface area contributed by atoms with E-state index < -0.39 is 40.2 Å². The van der Waals surface area contributed by atoms with Crippen molar-refractivity contribution in [3.8, 4) is 0 Å². The number of aromatic amines is 1. The first-order chi connectivity index (χ1) is 13.3. The minimum atomic E-state index is -4.09. The highest BCUT2D eigenvalue weighted by Gasteiger charge is 2.23. The van der Waals surface area contributed by atoms with E-state index in [-0.39, 0.29) is 4.90 Å². The lowest BCUT2D eigenvalue weighted by molar-refractivity contribution is -0.144. The second-order valence-electron chi connectivity index (χ2n) is 6.03. The Kier molecular flexibility index (Phi) is 5.57. The van der Waals surface area contributed by atoms with Crippen LogP contribution in [0.1, 0.15) is 17.3 Å². The molecule has 1 heterocycles. The van der Waals surface area contributed by atoms with Crippen molar-refractivity contribution in [3.05, 3.63) is 66.1 Å². The topological polar surface area (TPSA) is 105 Å². The lowest BCUT2D eigenvalue weighted by Crippen LogP contribution is -2.34. The standard InChI is InChI=1S/C19H17FN2O5S/c1-12(19(24)16-10-21-17-8-3-2-7-15(16)17)27-18(23)11-22-28(25,26)14-6-4-5-13(20)9-14/h2-10,12,21-22H,11H2,1H3/t12-/m1/s1. The average Bonchev–Trinajstić information content (AvgIpc) is 3.10. The molecule has 0 aliphatic carbocycles. The van der Waals surface area contributed by atoms with Gasteiger partial charge in [-0.05, 0) is 31.2 Å². The predicted octanol–water partition coefficient (Wildman–Crippen LogP) is 2.40. The molecule has 0 saturated heterocycles. The van der Waals surface area contributed by atoms with E-state index in [2.05, 4.69) is 4.98 Å². The molecule has 1 aromatic heterocycles. The van der Waals surface area contributed by atoms with Crippen molar-refractivity contribution in [1.29, 1.82) is 0 Å². The van der Waals surface area contributed by atoms with E-state index in [1.165, 1.54) is 25.3 Å². The van der Waals surface area contributed by atoms with Crippen LogP contribution in [0.25, 0.3) is 10.9 Å². The Hall–Kier alpha value is -3.04. The van der Waals surface area contributed by atoms with Gasteiger partial charge in [0.05, 0.1) is 4.90 Å². The molecule has 0 aliphatic heterocycles. The number of sulfonamides is 1. The number of halogens is 1. The van der Waals surface area contributed by atoms with Crippen molar-refractivity contribution >= 4 is 32.7 Å². The number of Topliss-reactive ketones (excluding diaryl/α,β-unsaturated/α-hetero) is 1. The number of fused-ring (bicyclic) bond motifs is 1. The van der Waals surface area contributed by atoms with Gasteiger partial charge in [-0.15, -0.1) is 0 Å². The number of rotatable bonds is 7. The van der Waals surface area contributed by atoms with Crippen molar-refractivity contribution in [3.63, 3.8) is 0 Å². The van der Waals surface area contributed by atoms with Gasteiger partial charge >= 0.3 is 5.97 Å². The largest absolute Gasteiger partial charge is 0.453 e. The summed E-state index contributed by atoms with van der Waals surface area (Å²) in [5.41, 5.74) is 1.14. The highest BCUT2D eigenvalue weighted by molar-refractivity contribution is 7.89. The predicted molar refractivity (Wildman–Crippen MR) is 99.8 cm³/mol. The summed E-state index contributed by atoms with van der Waals surface area (Å²) < 4.78 is 44.4. The molecule has 7 nitrogen and oxygen atoms in total. The van der Waals surface area contributed by atoms with Gasteiger partial charge in [-0.2, -0.15) is 4.72 Å². The Balaban J connectivity index is 1.62. The van der Waals surface area contributed by atoms with Gasteiger partial charge in [0.1, 0.15) is 12.4 Å². The van der Waals surface area contributed by atoms with Crippen LogP contribution in [0, 0.1) is 5.82 Å². The number of esters is 1. The van der Waals surface area contributed by atoms with Crippen molar-refractivity contribution in [2.45, 2.75) is 17.9 Å². The van der Waals surface area contributed by atoms with Crippen molar-refractivity contribution in [2.24, 2.45) is 0 Å². The van der Waals surface area contributed by atoms with Crippen molar-refractivity contribution in [2.75, 3.05) is 6.54 Å². The van der Waals surface area contributed by atoms with E-state index >= 15 is 0 Å². The molecule has 0 saturated carbocycles. The number of ketones is 1. The maximum Gasteiger partial charge on any atom is 0.321 e. The molecule has 2 aromatic carbocycles. The summed E-state index contributed by atoms with van der Waals surface area (Å²) in [6.45, 7) is 0.716. The van der Waals surface area contributed by atoms with Crippen molar-refractivity contribution in [1.82, 2.24) is 9.71 Å². The van der Waals surface area contributed by atoms with E-state index in [0.717, 1.165) is 17.6 Å². The minimum Gasteiger partial charge on any atom is -0.453 e. The summed E-state index contributed by atoms with van der Waals surface area (Å²) in [6, 6.07) is 11.5. The molecule has 0 spiro atoms. The summed E-state index contributed by atoms with van der Waals surface area (Å²) in [5, 5.41) is 0.696. The smallest absolute Gasteiger partial charge is 0.321 e. The van der Waals surface area contributed by atoms with E-state index in [9.17, 15) is 22.4 Å². The number of H-pyrrole nitrogens is 1. The molecule has 0 unspecified atom stereocenters. The quantitative estimate of drug-likeness (QED) is 0.465. The van der Waals surface area contributed by atoms with Gasteiger partial charge in [0.2, 0.25) is 15.8 Å². The zero-order valence-electron chi connectivity index (χ0n) is 14.8. The Morgan fingerprint density at radius 1 is 1.18 bits per heavy atom. The molecule has 9 heteroatoms. The number of carbonyl (C=O) groups is 2. The summed E-state index contributed by atoms with van der Waals surface area (Å²) in [6.07, 6.45) is 0.426. The van der Waals surface area contributed by atoms with Gasteiger partial charge in [-0.3, -0.25) is 9.59 Å². The van der Waals surface area contributed by atoms with Crippen LogP contribution >= 0.6 is 0 Å². The fraction of sp³-hybridized carbons (Fsp3) is 0.158. The fourth-order valence-corrected chi connectivity index (χ4v) is 3.66. The van der Waals surface area contributed by atoms with E-state index in [4.69, 9.17) is 4.74 Å². The van der Waals surface area contributed by atoms with E-state index in [0.29, 0.717) is 10.9 Å². The third-order valence-corrected chi connectivity index (χ3v) is 5.44. The summed E-state index contributed by atoms with van der Waals surface area (Å²) in [5.74, 6) is -2.07. The Labute approximate surface area is 160 Å². The number of nitrogens with one attached hydrogen (secondary N) is 2. The van der Waals surface area contributed by atoms with Gasteiger partial charge < -0.3 is 9.72 Å². The Morgan fingerprint density at radius 3 is 2.68 bits per heavy atom. The normalized spacial score (nSPS) is 12.6. The second kappa shape index (κ2) is 7.91. The number of carbonyl (C=O) groups excluding carboxylic acids is 2. The van der Waals surface area contributed by atoms with Crippen LogP contribution in [0.4, 0.5) is 4.39 Å². The number of benzene rings is 2. The molecule has 146 valence electrons. The van der Waals surface area contributed by atoms with Crippen LogP contribution < -0.4 is 4.72 Å². The van der Waals surface area contributed by atoms with Gasteiger partial charge in [0, 0.05) is 22.7 Å². The molecular formula is C19H17FN2O5S. The molecule has 1 atom stereocenters. The molecule has 2 N–H and O–H groups in total. The van der Waals surface area contributed by atoms with Gasteiger partial charge in [0.25, 0.3) is 0 Å². The maximum atomic E-state index is 13.2. The highest BCUT2D eigenvalue weighted by Crippen LogP contribution is 2.20. The third-order valence-electron chi connectivity index (χ3n) is 4.05. The first kappa shape index (κ1) is 19.7. The van der Waals surface area contributed by atoms with E-state index in [1.807, 2.05) is 16.9 Å². The molecule has 3 aromatic rings. The molecule has 28 heavy (non-hydrogen) atoms. The number of para-hydroxylation sites is 1. The second-order valence-corrected chi connectivity index (χ2v) is 7.79. The van der Waals surface area contributed by atoms with Crippen LogP contribution in [0.2, 0.25) is 0 Å². The molecule has 0 amide bonds. The van der Waals surface area contributed by atoms with E-state index in [1.54, 1.807) is 12.1 Å². The van der Waals surface area contributed by atoms with Crippen LogP contribution in [0.5, 0.6) is 0 Å². The van der Waals surface area contributed by atoms with Crippen molar-refractivity contribution < 1.29 is 27.1 Å². The van der Waals surface area contributed by atoms with Crippen LogP contribution in [-0.2, 0) is 19.6 Å². The zero-order chi connectivity index (χ0) is 20.3. The number of hydrogen-bond donors (Lipinski definition) is 2. The maximum absolute atomic E-state index is 13.2. The van der Waals surface area contributed by atoms with Crippen LogP contribution in [0.3, 0.4) is 0 Å². The molecule has 0 bridgehead atoms. The molecule has 0 aliphatic rings. The third kappa shape index (κ3) is 4.26. The SMILES string of the molecule is C[C@@H](OC(=O)CNS(=O)(=O)c1cccc(F)c1)C(=O)c1c[nH]c2ccccc12. The van der Waals surface area contributed by atoms with Gasteiger partial charge in [-0.1, -0.05) is 24.3 Å². The molecule has 0 radical (unpaired) electrons. The number of hydrogen-bond acceptors (Lipinski definition) is 5. The van der Waals surface area contributed by atoms with Gasteiger partial charge in [0.15, 0.2) is 6.10 Å². The lowest BCUT2D eigenvalue weighted by Gasteiger charge is -2.12. The summed E-state index contributed by atoms with van der Waals surface area (Å²) >= 11 is 0. The summed E-state index contributed by atoms with van der Waals surface area (Å²) in [7, 11) is -4.09. The van der Waals surface area contributed by atoms with Crippen LogP contribution in [-0.4, -0.2) is 37.8 Å². The monoisotopic (exact) mass is 404 g/mol. The van der Waals surface area contributed by atoms with Gasteiger partial charge in [-0.25, -0.2) is 12.8 Å². The molecule has 0 fully saturated rings. The lowest BCUT2D eigenvalue weighted by atomic mass is 10.1. The zero-order valence-corrected chi connectivity index (χ0v) is 15.6. The number of aromatic nitrogens is 1. The highest BCUT2D eigenvalue weighted by atomic mass is 32.2. The Bertz CT molecular complexity index is 1140. The first-order valence-corrected chi connectivity index (χ1v) is 9.81. The average molecular weight is 404 g/mol. The molecule has 3 rings (SSSR count). The van der Waals surface area contributed by atoms with Crippen LogP contribution in [0.15, 0.2) is 59.6 Å². The molecular weight excluding hydrogens is 387 g/mol. The number of ether oxygens (including phenoxy) is 1. The minimum absolute atomic E-state index is 0.316. The fourth-order valence-electron chi connectivity index (χ4n) is 2.66. The summed E-state index contributed by atoms with van der Waals surface area (Å²) in [4.78, 5) is 27.1.